The van der Waals surface area contributed by atoms with Crippen molar-refractivity contribution in [2.45, 2.75) is 11.4 Å². The molecule has 0 bridgehead atoms. The van der Waals surface area contributed by atoms with E-state index < -0.39 is 15.9 Å². The van der Waals surface area contributed by atoms with Gasteiger partial charge in [-0.25, -0.2) is 13.1 Å². The van der Waals surface area contributed by atoms with Crippen molar-refractivity contribution in [2.24, 2.45) is 0 Å². The zero-order valence-corrected chi connectivity index (χ0v) is 16.4. The average Bonchev–Trinajstić information content (AvgIpc) is 3.25. The number of benzene rings is 2. The van der Waals surface area contributed by atoms with E-state index in [0.717, 1.165) is 0 Å². The molecule has 29 heavy (non-hydrogen) atoms. The lowest BCUT2D eigenvalue weighted by Crippen LogP contribution is -2.24. The second-order valence-corrected chi connectivity index (χ2v) is 7.71. The van der Waals surface area contributed by atoms with Gasteiger partial charge in [-0.1, -0.05) is 6.07 Å². The Morgan fingerprint density at radius 1 is 1.03 bits per heavy atom. The Kier molecular flexibility index (Phi) is 6.53. The van der Waals surface area contributed by atoms with E-state index >= 15 is 0 Å². The smallest absolute Gasteiger partial charge is 0.262 e. The van der Waals surface area contributed by atoms with Crippen LogP contribution in [0.5, 0.6) is 11.5 Å². The van der Waals surface area contributed by atoms with Crippen LogP contribution in [-0.2, 0) is 21.4 Å². The van der Waals surface area contributed by atoms with Gasteiger partial charge in [0.15, 0.2) is 6.61 Å². The van der Waals surface area contributed by atoms with E-state index in [-0.39, 0.29) is 18.0 Å². The van der Waals surface area contributed by atoms with E-state index in [0.29, 0.717) is 22.9 Å². The number of hydrogen-bond acceptors (Lipinski definition) is 6. The maximum absolute atomic E-state index is 12.4. The van der Waals surface area contributed by atoms with Gasteiger partial charge in [0.1, 0.15) is 17.3 Å². The minimum Gasteiger partial charge on any atom is -0.497 e. The van der Waals surface area contributed by atoms with Gasteiger partial charge in [-0.05, 0) is 54.6 Å². The van der Waals surface area contributed by atoms with Crippen molar-refractivity contribution in [2.75, 3.05) is 19.0 Å². The number of ether oxygens (including phenoxy) is 2. The molecule has 1 heterocycles. The first-order valence-corrected chi connectivity index (χ1v) is 10.1. The molecule has 0 radical (unpaired) electrons. The zero-order chi connectivity index (χ0) is 20.7. The molecule has 0 atom stereocenters. The monoisotopic (exact) mass is 416 g/mol. The third-order valence-electron chi connectivity index (χ3n) is 3.87. The predicted octanol–water partition coefficient (Wildman–Crippen LogP) is 2.78. The van der Waals surface area contributed by atoms with Gasteiger partial charge in [0.05, 0.1) is 24.8 Å². The molecule has 3 rings (SSSR count). The van der Waals surface area contributed by atoms with Crippen LogP contribution in [-0.4, -0.2) is 28.0 Å². The lowest BCUT2D eigenvalue weighted by molar-refractivity contribution is -0.118. The summed E-state index contributed by atoms with van der Waals surface area (Å²) in [5, 5.41) is 2.62. The van der Waals surface area contributed by atoms with E-state index in [1.807, 2.05) is 0 Å². The molecule has 0 aliphatic rings. The number of sulfonamides is 1. The van der Waals surface area contributed by atoms with Gasteiger partial charge in [0.25, 0.3) is 5.91 Å². The lowest BCUT2D eigenvalue weighted by Gasteiger charge is -2.10. The first-order chi connectivity index (χ1) is 14.0. The molecule has 0 saturated heterocycles. The van der Waals surface area contributed by atoms with Crippen LogP contribution in [0.15, 0.2) is 76.2 Å². The number of carbonyl (C=O) groups excluding carboxylic acids is 1. The summed E-state index contributed by atoms with van der Waals surface area (Å²) >= 11 is 0. The number of furan rings is 1. The highest BCUT2D eigenvalue weighted by Crippen LogP contribution is 2.18. The molecule has 152 valence electrons. The fourth-order valence-electron chi connectivity index (χ4n) is 2.42. The molecule has 2 aromatic carbocycles. The van der Waals surface area contributed by atoms with Gasteiger partial charge in [-0.3, -0.25) is 4.79 Å². The van der Waals surface area contributed by atoms with Crippen molar-refractivity contribution in [1.29, 1.82) is 0 Å². The molecule has 0 fully saturated rings. The topological polar surface area (TPSA) is 107 Å². The second-order valence-electron chi connectivity index (χ2n) is 5.94. The van der Waals surface area contributed by atoms with Gasteiger partial charge in [-0.2, -0.15) is 0 Å². The Bertz CT molecular complexity index is 1050. The molecule has 0 saturated carbocycles. The van der Waals surface area contributed by atoms with Crippen LogP contribution >= 0.6 is 0 Å². The van der Waals surface area contributed by atoms with Crippen molar-refractivity contribution >= 4 is 21.6 Å². The van der Waals surface area contributed by atoms with Gasteiger partial charge in [-0.15, -0.1) is 0 Å². The molecule has 2 N–H and O–H groups in total. The highest BCUT2D eigenvalue weighted by atomic mass is 32.2. The lowest BCUT2D eigenvalue weighted by atomic mass is 10.3. The largest absolute Gasteiger partial charge is 0.497 e. The Hall–Kier alpha value is -3.30. The SMILES string of the molecule is COc1ccc(OCC(=O)Nc2cccc(S(=O)(=O)NCc3ccco3)c2)cc1. The van der Waals surface area contributed by atoms with E-state index in [1.165, 1.54) is 18.4 Å². The summed E-state index contributed by atoms with van der Waals surface area (Å²) in [6.07, 6.45) is 1.47. The number of anilines is 1. The van der Waals surface area contributed by atoms with Gasteiger partial charge < -0.3 is 19.2 Å². The fraction of sp³-hybridized carbons (Fsp3) is 0.150. The van der Waals surface area contributed by atoms with Gasteiger partial charge in [0.2, 0.25) is 10.0 Å². The van der Waals surface area contributed by atoms with Crippen molar-refractivity contribution in [3.63, 3.8) is 0 Å². The number of rotatable bonds is 9. The minimum atomic E-state index is -3.76. The van der Waals surface area contributed by atoms with E-state index in [2.05, 4.69) is 10.0 Å². The standard InChI is InChI=1S/C20H20N2O6S/c1-26-16-7-9-17(10-8-16)28-14-20(23)22-15-4-2-6-19(12-15)29(24,25)21-13-18-5-3-11-27-18/h2-12,21H,13-14H2,1H3,(H,22,23). The molecular weight excluding hydrogens is 396 g/mol. The van der Waals surface area contributed by atoms with Gasteiger partial charge in [0, 0.05) is 5.69 Å². The minimum absolute atomic E-state index is 0.0259. The van der Waals surface area contributed by atoms with Crippen LogP contribution in [0, 0.1) is 0 Å². The summed E-state index contributed by atoms with van der Waals surface area (Å²) < 4.78 is 42.9. The van der Waals surface area contributed by atoms with Crippen molar-refractivity contribution in [3.05, 3.63) is 72.7 Å². The van der Waals surface area contributed by atoms with E-state index in [9.17, 15) is 13.2 Å². The molecule has 3 aromatic rings. The van der Waals surface area contributed by atoms with Crippen molar-refractivity contribution < 1.29 is 27.1 Å². The normalized spacial score (nSPS) is 11.1. The maximum atomic E-state index is 12.4. The molecule has 0 unspecified atom stereocenters. The van der Waals surface area contributed by atoms with Crippen LogP contribution in [0.1, 0.15) is 5.76 Å². The Morgan fingerprint density at radius 3 is 2.48 bits per heavy atom. The van der Waals surface area contributed by atoms with Crippen LogP contribution in [0.25, 0.3) is 0 Å². The van der Waals surface area contributed by atoms with Crippen LogP contribution in [0.2, 0.25) is 0 Å². The van der Waals surface area contributed by atoms with Crippen LogP contribution in [0.3, 0.4) is 0 Å². The quantitative estimate of drug-likeness (QED) is 0.556. The number of carbonyl (C=O) groups is 1. The number of nitrogens with one attached hydrogen (secondary N) is 2. The van der Waals surface area contributed by atoms with E-state index in [1.54, 1.807) is 55.6 Å². The molecule has 0 aliphatic heterocycles. The molecule has 1 amide bonds. The van der Waals surface area contributed by atoms with Crippen LogP contribution in [0.4, 0.5) is 5.69 Å². The summed E-state index contributed by atoms with van der Waals surface area (Å²) in [6, 6.07) is 16.1. The number of amides is 1. The first-order valence-electron chi connectivity index (χ1n) is 8.65. The third-order valence-corrected chi connectivity index (χ3v) is 5.27. The maximum Gasteiger partial charge on any atom is 0.262 e. The zero-order valence-electron chi connectivity index (χ0n) is 15.6. The summed E-state index contributed by atoms with van der Waals surface area (Å²) in [4.78, 5) is 12.1. The molecule has 0 aliphatic carbocycles. The van der Waals surface area contributed by atoms with Crippen LogP contribution < -0.4 is 19.5 Å². The fourth-order valence-corrected chi connectivity index (χ4v) is 3.46. The highest BCUT2D eigenvalue weighted by molar-refractivity contribution is 7.89. The summed E-state index contributed by atoms with van der Waals surface area (Å²) in [5.41, 5.74) is 0.342. The molecular formula is C20H20N2O6S. The van der Waals surface area contributed by atoms with Crippen molar-refractivity contribution in [1.82, 2.24) is 4.72 Å². The summed E-state index contributed by atoms with van der Waals surface area (Å²) in [6.45, 7) is -0.193. The summed E-state index contributed by atoms with van der Waals surface area (Å²) in [7, 11) is -2.20. The molecule has 8 nitrogen and oxygen atoms in total. The third kappa shape index (κ3) is 5.84. The highest BCUT2D eigenvalue weighted by Gasteiger charge is 2.15. The molecule has 0 spiro atoms. The number of methoxy groups -OCH3 is 1. The molecule has 1 aromatic heterocycles. The average molecular weight is 416 g/mol. The first kappa shape index (κ1) is 20.4. The second kappa shape index (κ2) is 9.26. The predicted molar refractivity (Wildman–Crippen MR) is 106 cm³/mol. The summed E-state index contributed by atoms with van der Waals surface area (Å²) in [5.74, 6) is 1.27. The van der Waals surface area contributed by atoms with E-state index in [4.69, 9.17) is 13.9 Å². The Balaban J connectivity index is 1.57. The number of hydrogen-bond donors (Lipinski definition) is 2. The Morgan fingerprint density at radius 2 is 1.79 bits per heavy atom. The van der Waals surface area contributed by atoms with Crippen molar-refractivity contribution in [3.8, 4) is 11.5 Å². The van der Waals surface area contributed by atoms with Gasteiger partial charge >= 0.3 is 0 Å². The Labute approximate surface area is 168 Å². The molecule has 9 heteroatoms.